The smallest absolute Gasteiger partial charge is 0.339 e. The molecule has 1 saturated heterocycles. The largest absolute Gasteiger partial charge is 0.418 e. The van der Waals surface area contributed by atoms with Crippen LogP contribution in [-0.4, -0.2) is 46.4 Å². The molecule has 0 spiro atoms. The van der Waals surface area contributed by atoms with E-state index >= 15 is 0 Å². The molecule has 0 saturated carbocycles. The number of nitrogens with one attached hydrogen (secondary N) is 2. The Balaban J connectivity index is 1.24. The summed E-state index contributed by atoms with van der Waals surface area (Å²) in [5.74, 6) is -1.27. The summed E-state index contributed by atoms with van der Waals surface area (Å²) in [7, 11) is 0. The SMILES string of the molecule is O=C(CSc1nc2ccc(NC(=O)c3ccccc3C(=O)N3CCCCC3)cc2s1)Nc1ccccc1C(F)(F)F. The van der Waals surface area contributed by atoms with Crippen LogP contribution >= 0.6 is 23.1 Å². The number of benzene rings is 3. The fraction of sp³-hybridized carbons (Fsp3) is 0.241. The van der Waals surface area contributed by atoms with Crippen LogP contribution in [0.1, 0.15) is 45.5 Å². The molecule has 7 nitrogen and oxygen atoms in total. The average molecular weight is 599 g/mol. The van der Waals surface area contributed by atoms with Crippen molar-refractivity contribution in [3.63, 3.8) is 0 Å². The van der Waals surface area contributed by atoms with Gasteiger partial charge in [0.1, 0.15) is 0 Å². The lowest BCUT2D eigenvalue weighted by Crippen LogP contribution is -2.36. The first-order valence-corrected chi connectivity index (χ1v) is 14.7. The molecule has 212 valence electrons. The first-order valence-electron chi connectivity index (χ1n) is 12.9. The quantitative estimate of drug-likeness (QED) is 0.225. The number of fused-ring (bicyclic) bond motifs is 1. The molecule has 41 heavy (non-hydrogen) atoms. The van der Waals surface area contributed by atoms with E-state index < -0.39 is 23.6 Å². The Labute approximate surface area is 242 Å². The molecule has 0 radical (unpaired) electrons. The molecule has 12 heteroatoms. The monoisotopic (exact) mass is 598 g/mol. The predicted octanol–water partition coefficient (Wildman–Crippen LogP) is 6.92. The van der Waals surface area contributed by atoms with Crippen molar-refractivity contribution >= 4 is 62.4 Å². The molecule has 0 atom stereocenters. The maximum absolute atomic E-state index is 13.2. The van der Waals surface area contributed by atoms with Crippen molar-refractivity contribution in [1.82, 2.24) is 9.88 Å². The van der Waals surface area contributed by atoms with Gasteiger partial charge in [0.15, 0.2) is 4.34 Å². The number of hydrogen-bond donors (Lipinski definition) is 2. The first-order chi connectivity index (χ1) is 19.7. The van der Waals surface area contributed by atoms with Gasteiger partial charge in [0, 0.05) is 18.8 Å². The molecule has 3 aromatic carbocycles. The summed E-state index contributed by atoms with van der Waals surface area (Å²) in [6.07, 6.45) is -1.59. The first kappa shape index (κ1) is 28.6. The molecule has 1 aromatic heterocycles. The van der Waals surface area contributed by atoms with E-state index in [0.717, 1.165) is 41.8 Å². The number of anilines is 2. The van der Waals surface area contributed by atoms with E-state index in [2.05, 4.69) is 15.6 Å². The lowest BCUT2D eigenvalue weighted by atomic mass is 10.0. The number of thioether (sulfide) groups is 1. The molecule has 0 unspecified atom stereocenters. The number of carbonyl (C=O) groups excluding carboxylic acids is 3. The number of rotatable bonds is 7. The van der Waals surface area contributed by atoms with E-state index in [0.29, 0.717) is 39.8 Å². The van der Waals surface area contributed by atoms with Crippen LogP contribution in [0.4, 0.5) is 24.5 Å². The van der Waals surface area contributed by atoms with Crippen LogP contribution in [-0.2, 0) is 11.0 Å². The normalized spacial score (nSPS) is 13.7. The highest BCUT2D eigenvalue weighted by molar-refractivity contribution is 8.01. The summed E-state index contributed by atoms with van der Waals surface area (Å²) in [6.45, 7) is 1.36. The van der Waals surface area contributed by atoms with E-state index in [4.69, 9.17) is 0 Å². The molecule has 4 aromatic rings. The van der Waals surface area contributed by atoms with Crippen molar-refractivity contribution in [2.24, 2.45) is 0 Å². The van der Waals surface area contributed by atoms with Crippen molar-refractivity contribution in [1.29, 1.82) is 0 Å². The maximum Gasteiger partial charge on any atom is 0.418 e. The van der Waals surface area contributed by atoms with Gasteiger partial charge in [0.25, 0.3) is 11.8 Å². The molecule has 0 aliphatic carbocycles. The van der Waals surface area contributed by atoms with E-state index in [1.807, 2.05) is 0 Å². The van der Waals surface area contributed by atoms with Gasteiger partial charge in [0.05, 0.1) is 38.3 Å². The van der Waals surface area contributed by atoms with Crippen molar-refractivity contribution in [3.8, 4) is 0 Å². The molecule has 0 bridgehead atoms. The highest BCUT2D eigenvalue weighted by atomic mass is 32.2. The fourth-order valence-electron chi connectivity index (χ4n) is 4.53. The fourth-order valence-corrected chi connectivity index (χ4v) is 6.44. The molecular weight excluding hydrogens is 573 g/mol. The number of hydrogen-bond acceptors (Lipinski definition) is 6. The minimum atomic E-state index is -4.58. The van der Waals surface area contributed by atoms with Crippen LogP contribution in [0.25, 0.3) is 10.2 Å². The van der Waals surface area contributed by atoms with Gasteiger partial charge in [-0.3, -0.25) is 14.4 Å². The highest BCUT2D eigenvalue weighted by Crippen LogP contribution is 2.35. The molecule has 1 aliphatic rings. The standard InChI is InChI=1S/C29H25F3N4O3S2/c30-29(31,32)21-10-4-5-11-22(21)34-25(37)17-40-28-35-23-13-12-18(16-24(23)41-28)33-26(38)19-8-2-3-9-20(19)27(39)36-14-6-1-7-15-36/h2-5,8-13,16H,1,6-7,14-15,17H2,(H,33,38)(H,34,37). The Morgan fingerprint density at radius 3 is 2.37 bits per heavy atom. The Morgan fingerprint density at radius 2 is 1.61 bits per heavy atom. The van der Waals surface area contributed by atoms with E-state index in [1.165, 1.54) is 29.5 Å². The number of piperidine rings is 1. The third-order valence-corrected chi connectivity index (χ3v) is 8.67. The molecule has 5 rings (SSSR count). The lowest BCUT2D eigenvalue weighted by molar-refractivity contribution is -0.137. The van der Waals surface area contributed by atoms with Gasteiger partial charge in [-0.25, -0.2) is 4.98 Å². The summed E-state index contributed by atoms with van der Waals surface area (Å²) >= 11 is 2.40. The second-order valence-corrected chi connectivity index (χ2v) is 11.6. The van der Waals surface area contributed by atoms with Crippen molar-refractivity contribution in [3.05, 3.63) is 83.4 Å². The van der Waals surface area contributed by atoms with Gasteiger partial charge in [-0.15, -0.1) is 11.3 Å². The third-order valence-electron chi connectivity index (χ3n) is 6.51. The summed E-state index contributed by atoms with van der Waals surface area (Å²) in [6, 6.07) is 16.8. The summed E-state index contributed by atoms with van der Waals surface area (Å²) in [5, 5.41) is 5.18. The zero-order chi connectivity index (χ0) is 29.0. The zero-order valence-electron chi connectivity index (χ0n) is 21.7. The molecule has 1 aliphatic heterocycles. The Morgan fingerprint density at radius 1 is 0.902 bits per heavy atom. The van der Waals surface area contributed by atoms with Crippen LogP contribution in [0.3, 0.4) is 0 Å². The number of likely N-dealkylation sites (tertiary alicyclic amines) is 1. The van der Waals surface area contributed by atoms with Crippen LogP contribution in [0, 0.1) is 0 Å². The summed E-state index contributed by atoms with van der Waals surface area (Å²) in [4.78, 5) is 44.9. The maximum atomic E-state index is 13.2. The molecule has 2 heterocycles. The van der Waals surface area contributed by atoms with Gasteiger partial charge in [-0.05, 0) is 61.7 Å². The zero-order valence-corrected chi connectivity index (χ0v) is 23.3. The number of aromatic nitrogens is 1. The number of alkyl halides is 3. The molecular formula is C29H25F3N4O3S2. The van der Waals surface area contributed by atoms with Gasteiger partial charge in [-0.1, -0.05) is 36.0 Å². The van der Waals surface area contributed by atoms with Gasteiger partial charge in [-0.2, -0.15) is 13.2 Å². The van der Waals surface area contributed by atoms with Crippen LogP contribution in [0.2, 0.25) is 0 Å². The lowest BCUT2D eigenvalue weighted by Gasteiger charge is -2.27. The van der Waals surface area contributed by atoms with E-state index in [9.17, 15) is 27.6 Å². The second kappa shape index (κ2) is 12.3. The van der Waals surface area contributed by atoms with Gasteiger partial charge < -0.3 is 15.5 Å². The number of amides is 3. The van der Waals surface area contributed by atoms with Gasteiger partial charge >= 0.3 is 6.18 Å². The summed E-state index contributed by atoms with van der Waals surface area (Å²) in [5.41, 5.74) is 0.617. The van der Waals surface area contributed by atoms with E-state index in [-0.39, 0.29) is 17.3 Å². The van der Waals surface area contributed by atoms with E-state index in [1.54, 1.807) is 47.4 Å². The van der Waals surface area contributed by atoms with Crippen LogP contribution in [0.15, 0.2) is 71.1 Å². The number of halogens is 3. The van der Waals surface area contributed by atoms with Gasteiger partial charge in [0.2, 0.25) is 5.91 Å². The Kier molecular flexibility index (Phi) is 8.60. The predicted molar refractivity (Wildman–Crippen MR) is 155 cm³/mol. The minimum Gasteiger partial charge on any atom is -0.339 e. The van der Waals surface area contributed by atoms with Crippen LogP contribution < -0.4 is 10.6 Å². The highest BCUT2D eigenvalue weighted by Gasteiger charge is 2.33. The summed E-state index contributed by atoms with van der Waals surface area (Å²) < 4.78 is 40.9. The Hall–Kier alpha value is -3.90. The third kappa shape index (κ3) is 6.88. The number of para-hydroxylation sites is 1. The van der Waals surface area contributed by atoms with Crippen molar-refractivity contribution in [2.75, 3.05) is 29.5 Å². The second-order valence-electron chi connectivity index (χ2n) is 9.40. The van der Waals surface area contributed by atoms with Crippen molar-refractivity contribution in [2.45, 2.75) is 29.8 Å². The minimum absolute atomic E-state index is 0.128. The number of nitrogens with zero attached hydrogens (tertiary/aromatic N) is 2. The van der Waals surface area contributed by atoms with Crippen LogP contribution in [0.5, 0.6) is 0 Å². The average Bonchev–Trinajstić information content (AvgIpc) is 3.38. The Bertz CT molecular complexity index is 1600. The van der Waals surface area contributed by atoms with Crippen molar-refractivity contribution < 1.29 is 27.6 Å². The topological polar surface area (TPSA) is 91.4 Å². The number of thiazole rings is 1. The number of carbonyl (C=O) groups is 3. The molecule has 2 N–H and O–H groups in total. The molecule has 3 amide bonds. The molecule has 1 fully saturated rings.